The molecule has 2 atom stereocenters. The van der Waals surface area contributed by atoms with Gasteiger partial charge in [-0.15, -0.1) is 5.73 Å². The van der Waals surface area contributed by atoms with Gasteiger partial charge in [-0.25, -0.2) is 0 Å². The predicted octanol–water partition coefficient (Wildman–Crippen LogP) is 3.41. The molecule has 0 heterocycles. The molecule has 0 aromatic carbocycles. The van der Waals surface area contributed by atoms with Crippen molar-refractivity contribution in [2.24, 2.45) is 11.7 Å². The molecule has 0 bridgehead atoms. The molecule has 1 aliphatic carbocycles. The Bertz CT molecular complexity index is 246. The van der Waals surface area contributed by atoms with E-state index in [1.54, 1.807) is 0 Å². The zero-order chi connectivity index (χ0) is 10.6. The average Bonchev–Trinajstić information content (AvgIpc) is 2.64. The molecule has 1 saturated carbocycles. The highest BCUT2D eigenvalue weighted by atomic mass is 14.6. The summed E-state index contributed by atoms with van der Waals surface area (Å²) in [6.07, 6.45) is 6.18. The van der Waals surface area contributed by atoms with Gasteiger partial charge >= 0.3 is 0 Å². The molecule has 0 saturated heterocycles. The van der Waals surface area contributed by atoms with Gasteiger partial charge in [-0.1, -0.05) is 20.3 Å². The van der Waals surface area contributed by atoms with Crippen LogP contribution in [0.5, 0.6) is 0 Å². The number of rotatable bonds is 3. The van der Waals surface area contributed by atoms with E-state index in [0.717, 1.165) is 12.3 Å². The van der Waals surface area contributed by atoms with Crippen LogP contribution in [-0.4, -0.2) is 6.04 Å². The molecule has 1 nitrogen and oxygen atoms in total. The van der Waals surface area contributed by atoms with Gasteiger partial charge in [0.05, 0.1) is 0 Å². The van der Waals surface area contributed by atoms with Crippen LogP contribution in [0.2, 0.25) is 0 Å². The van der Waals surface area contributed by atoms with Crippen molar-refractivity contribution < 1.29 is 0 Å². The summed E-state index contributed by atoms with van der Waals surface area (Å²) in [4.78, 5) is 0. The van der Waals surface area contributed by atoms with Crippen LogP contribution in [0.25, 0.3) is 0 Å². The van der Waals surface area contributed by atoms with Crippen LogP contribution < -0.4 is 5.73 Å². The molecule has 1 rings (SSSR count). The summed E-state index contributed by atoms with van der Waals surface area (Å²) in [6, 6.07) is 0.211. The molecule has 1 heteroatoms. The van der Waals surface area contributed by atoms with E-state index in [4.69, 9.17) is 5.73 Å². The van der Waals surface area contributed by atoms with E-state index in [0.29, 0.717) is 0 Å². The van der Waals surface area contributed by atoms with Gasteiger partial charge in [0.2, 0.25) is 0 Å². The van der Waals surface area contributed by atoms with Gasteiger partial charge in [0.15, 0.2) is 0 Å². The molecule has 0 amide bonds. The molecule has 2 N–H and O–H groups in total. The van der Waals surface area contributed by atoms with E-state index < -0.39 is 0 Å². The fourth-order valence-electron chi connectivity index (χ4n) is 2.07. The molecule has 0 radical (unpaired) electrons. The lowest BCUT2D eigenvalue weighted by Crippen LogP contribution is -2.19. The summed E-state index contributed by atoms with van der Waals surface area (Å²) in [5.74, 6) is 0.906. The Kier molecular flexibility index (Phi) is 4.44. The summed E-state index contributed by atoms with van der Waals surface area (Å²) in [6.45, 7) is 6.52. The molecule has 0 aromatic rings. The lowest BCUT2D eigenvalue weighted by Gasteiger charge is -2.06. The summed E-state index contributed by atoms with van der Waals surface area (Å²) < 4.78 is 0. The van der Waals surface area contributed by atoms with Gasteiger partial charge in [0, 0.05) is 6.04 Å². The topological polar surface area (TPSA) is 26.0 Å². The Labute approximate surface area is 88.1 Å². The van der Waals surface area contributed by atoms with Crippen LogP contribution in [0.1, 0.15) is 52.9 Å². The van der Waals surface area contributed by atoms with Crippen LogP contribution in [0.15, 0.2) is 16.9 Å². The first-order chi connectivity index (χ1) is 6.67. The van der Waals surface area contributed by atoms with Crippen molar-refractivity contribution in [3.05, 3.63) is 16.9 Å². The second-order valence-electron chi connectivity index (χ2n) is 4.44. The molecule has 0 unspecified atom stereocenters. The lowest BCUT2D eigenvalue weighted by molar-refractivity contribution is 0.538. The third-order valence-corrected chi connectivity index (χ3v) is 3.34. The van der Waals surface area contributed by atoms with Crippen LogP contribution >= 0.6 is 0 Å². The maximum Gasteiger partial charge on any atom is 0.0324 e. The van der Waals surface area contributed by atoms with E-state index >= 15 is 0 Å². The number of nitrogens with two attached hydrogens (primary N) is 1. The molecule has 80 valence electrons. The first-order valence-corrected chi connectivity index (χ1v) is 5.88. The Morgan fingerprint density at radius 2 is 2.29 bits per heavy atom. The largest absolute Gasteiger partial charge is 0.324 e. The minimum Gasteiger partial charge on any atom is -0.324 e. The second kappa shape index (κ2) is 5.38. The van der Waals surface area contributed by atoms with Crippen LogP contribution in [0.4, 0.5) is 0 Å². The highest BCUT2D eigenvalue weighted by Crippen LogP contribution is 2.31. The van der Waals surface area contributed by atoms with Gasteiger partial charge < -0.3 is 5.73 Å². The third-order valence-electron chi connectivity index (χ3n) is 3.34. The summed E-state index contributed by atoms with van der Waals surface area (Å²) in [5.41, 5.74) is 12.2. The van der Waals surface area contributed by atoms with Crippen LogP contribution in [0, 0.1) is 5.92 Å². The Morgan fingerprint density at radius 3 is 2.79 bits per heavy atom. The molecule has 1 aliphatic rings. The predicted molar refractivity (Wildman–Crippen MR) is 62.1 cm³/mol. The summed E-state index contributed by atoms with van der Waals surface area (Å²) in [5, 5.41) is 0. The summed E-state index contributed by atoms with van der Waals surface area (Å²) in [7, 11) is 0. The SMILES string of the molecule is CC[C@@H]1CCC(=C=C(C)[C@H](N)CC)C1. The monoisotopic (exact) mass is 193 g/mol. The minimum atomic E-state index is 0.211. The third kappa shape index (κ3) is 3.01. The fourth-order valence-corrected chi connectivity index (χ4v) is 2.07. The highest BCUT2D eigenvalue weighted by molar-refractivity contribution is 5.15. The smallest absolute Gasteiger partial charge is 0.0324 e. The Morgan fingerprint density at radius 1 is 1.57 bits per heavy atom. The van der Waals surface area contributed by atoms with E-state index in [9.17, 15) is 0 Å². The molecular formula is C13H23N. The molecule has 14 heavy (non-hydrogen) atoms. The molecule has 0 spiro atoms. The molecule has 1 fully saturated rings. The Hall–Kier alpha value is -0.520. The zero-order valence-electron chi connectivity index (χ0n) is 9.77. The normalized spacial score (nSPS) is 23.4. The summed E-state index contributed by atoms with van der Waals surface area (Å²) >= 11 is 0. The standard InChI is InChI=1S/C13H23N/c1-4-11-6-7-12(9-11)8-10(3)13(14)5-2/h11,13H,4-7,9,14H2,1-3H3/t8?,11-,13-/m1/s1. The van der Waals surface area contributed by atoms with Gasteiger partial charge in [-0.3, -0.25) is 0 Å². The van der Waals surface area contributed by atoms with Crippen molar-refractivity contribution in [1.29, 1.82) is 0 Å². The molecule has 0 aliphatic heterocycles. The van der Waals surface area contributed by atoms with Crippen molar-refractivity contribution in [2.75, 3.05) is 0 Å². The molecule has 0 aromatic heterocycles. The Balaban J connectivity index is 2.68. The second-order valence-corrected chi connectivity index (χ2v) is 4.44. The zero-order valence-corrected chi connectivity index (χ0v) is 9.77. The van der Waals surface area contributed by atoms with E-state index in [2.05, 4.69) is 26.5 Å². The highest BCUT2D eigenvalue weighted by Gasteiger charge is 2.17. The van der Waals surface area contributed by atoms with Crippen molar-refractivity contribution in [3.63, 3.8) is 0 Å². The first kappa shape index (κ1) is 11.6. The molecular weight excluding hydrogens is 170 g/mol. The number of hydrogen-bond acceptors (Lipinski definition) is 1. The van der Waals surface area contributed by atoms with Gasteiger partial charge in [-0.05, 0) is 49.7 Å². The maximum atomic E-state index is 5.95. The lowest BCUT2D eigenvalue weighted by atomic mass is 10.0. The van der Waals surface area contributed by atoms with Crippen molar-refractivity contribution >= 4 is 0 Å². The van der Waals surface area contributed by atoms with Crippen molar-refractivity contribution in [2.45, 2.75) is 58.9 Å². The van der Waals surface area contributed by atoms with Gasteiger partial charge in [0.25, 0.3) is 0 Å². The quantitative estimate of drug-likeness (QED) is 0.683. The minimum absolute atomic E-state index is 0.211. The number of hydrogen-bond donors (Lipinski definition) is 1. The van der Waals surface area contributed by atoms with E-state index in [1.807, 2.05) is 0 Å². The van der Waals surface area contributed by atoms with Crippen LogP contribution in [0.3, 0.4) is 0 Å². The van der Waals surface area contributed by atoms with E-state index in [1.165, 1.54) is 36.8 Å². The van der Waals surface area contributed by atoms with E-state index in [-0.39, 0.29) is 6.04 Å². The van der Waals surface area contributed by atoms with Crippen molar-refractivity contribution in [1.82, 2.24) is 0 Å². The van der Waals surface area contributed by atoms with Gasteiger partial charge in [0.1, 0.15) is 0 Å². The van der Waals surface area contributed by atoms with Crippen molar-refractivity contribution in [3.8, 4) is 0 Å². The van der Waals surface area contributed by atoms with Crippen LogP contribution in [-0.2, 0) is 0 Å². The fraction of sp³-hybridized carbons (Fsp3) is 0.769. The first-order valence-electron chi connectivity index (χ1n) is 5.88. The maximum absolute atomic E-state index is 5.95. The average molecular weight is 193 g/mol. The van der Waals surface area contributed by atoms with Gasteiger partial charge in [-0.2, -0.15) is 0 Å².